The molecule has 36 heavy (non-hydrogen) atoms. The third kappa shape index (κ3) is 4.37. The highest BCUT2D eigenvalue weighted by Gasteiger charge is 2.34. The first-order valence-electron chi connectivity index (χ1n) is 12.1. The minimum absolute atomic E-state index is 0.155. The second-order valence-corrected chi connectivity index (χ2v) is 9.75. The van der Waals surface area contributed by atoms with Gasteiger partial charge in [0.2, 0.25) is 5.78 Å². The molecule has 0 amide bonds. The molecule has 6 rings (SSSR count). The van der Waals surface area contributed by atoms with Crippen LogP contribution in [0.1, 0.15) is 44.6 Å². The molecule has 0 N–H and O–H groups in total. The van der Waals surface area contributed by atoms with E-state index in [1.54, 1.807) is 12.1 Å². The van der Waals surface area contributed by atoms with Crippen molar-refractivity contribution in [1.82, 2.24) is 4.90 Å². The highest BCUT2D eigenvalue weighted by atomic mass is 35.5. The van der Waals surface area contributed by atoms with Gasteiger partial charge in [-0.15, -0.1) is 0 Å². The molecule has 0 bridgehead atoms. The fourth-order valence-corrected chi connectivity index (χ4v) is 5.30. The summed E-state index contributed by atoms with van der Waals surface area (Å²) in [6.07, 6.45) is 3.77. The maximum Gasteiger partial charge on any atom is 0.231 e. The van der Waals surface area contributed by atoms with Gasteiger partial charge in [-0.1, -0.05) is 41.9 Å². The molecule has 0 unspecified atom stereocenters. The van der Waals surface area contributed by atoms with Crippen molar-refractivity contribution < 1.29 is 23.7 Å². The quantitative estimate of drug-likeness (QED) is 0.403. The second-order valence-electron chi connectivity index (χ2n) is 9.32. The average molecular weight is 504 g/mol. The number of Topliss-reactive ketones (excluding diaryl/α,β-unsaturated/α-hetero) is 1. The Labute approximate surface area is 215 Å². The fourth-order valence-electron chi connectivity index (χ4n) is 5.05. The van der Waals surface area contributed by atoms with Crippen molar-refractivity contribution in [3.63, 3.8) is 0 Å². The number of carbonyl (C=O) groups is 1. The van der Waals surface area contributed by atoms with Crippen LogP contribution >= 0.6 is 11.6 Å². The molecule has 0 aromatic heterocycles. The van der Waals surface area contributed by atoms with Gasteiger partial charge in [0.1, 0.15) is 24.0 Å². The predicted octanol–water partition coefficient (Wildman–Crippen LogP) is 5.92. The topological polar surface area (TPSA) is 57.2 Å². The molecule has 7 heteroatoms. The van der Waals surface area contributed by atoms with Crippen molar-refractivity contribution in [2.24, 2.45) is 0 Å². The van der Waals surface area contributed by atoms with E-state index in [9.17, 15) is 4.79 Å². The van der Waals surface area contributed by atoms with Crippen LogP contribution in [-0.4, -0.2) is 30.8 Å². The average Bonchev–Trinajstić information content (AvgIpc) is 3.20. The number of ether oxygens (including phenoxy) is 4. The lowest BCUT2D eigenvalue weighted by atomic mass is 9.99. The first-order chi connectivity index (χ1) is 17.6. The maximum atomic E-state index is 13.4. The number of halogens is 1. The molecule has 3 aromatic carbocycles. The highest BCUT2D eigenvalue weighted by Crippen LogP contribution is 2.44. The SMILES string of the molecule is Cc1c2c(cc3c1O/C(=C\c1cc(Cl)cc4c1OCOC4)C3=O)CN(CCCc1ccccc1)CO2. The van der Waals surface area contributed by atoms with Crippen molar-refractivity contribution in [1.29, 1.82) is 0 Å². The van der Waals surface area contributed by atoms with E-state index in [4.69, 9.17) is 30.5 Å². The number of ketones is 1. The van der Waals surface area contributed by atoms with Crippen molar-refractivity contribution in [3.05, 3.63) is 92.7 Å². The van der Waals surface area contributed by atoms with Crippen LogP contribution in [0, 0.1) is 6.92 Å². The third-order valence-corrected chi connectivity index (χ3v) is 6.99. The highest BCUT2D eigenvalue weighted by molar-refractivity contribution is 6.31. The van der Waals surface area contributed by atoms with Gasteiger partial charge in [-0.3, -0.25) is 9.69 Å². The lowest BCUT2D eigenvalue weighted by Gasteiger charge is -2.30. The molecule has 0 radical (unpaired) electrons. The Bertz CT molecular complexity index is 1370. The van der Waals surface area contributed by atoms with Crippen LogP contribution in [0.25, 0.3) is 6.08 Å². The minimum Gasteiger partial charge on any atom is -0.477 e. The monoisotopic (exact) mass is 503 g/mol. The van der Waals surface area contributed by atoms with E-state index in [-0.39, 0.29) is 18.3 Å². The standard InChI is InChI=1S/C29H26ClNO5/c1-18-27-21(14-31(16-34-27)9-5-8-19-6-3-2-4-7-19)12-24-26(32)25(36-28(18)24)13-20-10-23(30)11-22-15-33-17-35-29(20)22/h2-4,6-7,10-13H,5,8-9,14-17H2,1H3/b25-13-. The lowest BCUT2D eigenvalue weighted by Crippen LogP contribution is -2.33. The summed E-state index contributed by atoms with van der Waals surface area (Å²) >= 11 is 6.30. The Morgan fingerprint density at radius 1 is 1.03 bits per heavy atom. The maximum absolute atomic E-state index is 13.4. The van der Waals surface area contributed by atoms with E-state index >= 15 is 0 Å². The van der Waals surface area contributed by atoms with Crippen LogP contribution in [-0.2, 0) is 24.3 Å². The van der Waals surface area contributed by atoms with Crippen molar-refractivity contribution in [2.45, 2.75) is 32.9 Å². The summed E-state index contributed by atoms with van der Waals surface area (Å²) in [4.78, 5) is 15.6. The molecule has 0 spiro atoms. The normalized spacial score (nSPS) is 17.6. The number of allylic oxidation sites excluding steroid dienone is 1. The number of hydrogen-bond donors (Lipinski definition) is 0. The van der Waals surface area contributed by atoms with E-state index in [0.717, 1.165) is 48.4 Å². The van der Waals surface area contributed by atoms with E-state index in [0.29, 0.717) is 41.0 Å². The number of rotatable bonds is 5. The summed E-state index contributed by atoms with van der Waals surface area (Å²) < 4.78 is 23.3. The lowest BCUT2D eigenvalue weighted by molar-refractivity contribution is -0.0165. The molecule has 0 saturated heterocycles. The molecule has 3 aromatic rings. The van der Waals surface area contributed by atoms with Gasteiger partial charge < -0.3 is 18.9 Å². The number of aryl methyl sites for hydroxylation is 1. The molecule has 184 valence electrons. The fraction of sp³-hybridized carbons (Fsp3) is 0.276. The van der Waals surface area contributed by atoms with Gasteiger partial charge in [0.05, 0.1) is 12.2 Å². The van der Waals surface area contributed by atoms with Crippen LogP contribution in [0.5, 0.6) is 17.2 Å². The predicted molar refractivity (Wildman–Crippen MR) is 137 cm³/mol. The number of nitrogens with zero attached hydrogens (tertiary/aromatic N) is 1. The summed E-state index contributed by atoms with van der Waals surface area (Å²) in [6, 6.07) is 16.0. The van der Waals surface area contributed by atoms with E-state index in [1.807, 2.05) is 25.1 Å². The van der Waals surface area contributed by atoms with E-state index < -0.39 is 0 Å². The largest absolute Gasteiger partial charge is 0.477 e. The van der Waals surface area contributed by atoms with Gasteiger partial charge in [0, 0.05) is 40.4 Å². The zero-order chi connectivity index (χ0) is 24.6. The summed E-state index contributed by atoms with van der Waals surface area (Å²) in [7, 11) is 0. The van der Waals surface area contributed by atoms with Crippen molar-refractivity contribution >= 4 is 23.5 Å². The molecular weight excluding hydrogens is 478 g/mol. The Balaban J connectivity index is 1.22. The molecule has 6 nitrogen and oxygen atoms in total. The van der Waals surface area contributed by atoms with Crippen LogP contribution in [0.3, 0.4) is 0 Å². The summed E-state index contributed by atoms with van der Waals surface area (Å²) in [6.45, 7) is 4.69. The van der Waals surface area contributed by atoms with Gasteiger partial charge >= 0.3 is 0 Å². The van der Waals surface area contributed by atoms with Crippen LogP contribution in [0.15, 0.2) is 54.3 Å². The van der Waals surface area contributed by atoms with Gasteiger partial charge in [-0.2, -0.15) is 0 Å². The number of hydrogen-bond acceptors (Lipinski definition) is 6. The molecule has 0 saturated carbocycles. The minimum atomic E-state index is -0.155. The summed E-state index contributed by atoms with van der Waals surface area (Å²) in [5.41, 5.74) is 5.30. The van der Waals surface area contributed by atoms with Gasteiger partial charge in [0.25, 0.3) is 0 Å². The Morgan fingerprint density at radius 3 is 2.75 bits per heavy atom. The molecule has 0 atom stereocenters. The molecule has 0 fully saturated rings. The second kappa shape index (κ2) is 9.62. The third-order valence-electron chi connectivity index (χ3n) is 6.77. The Kier molecular flexibility index (Phi) is 6.17. The first kappa shape index (κ1) is 23.1. The zero-order valence-electron chi connectivity index (χ0n) is 20.0. The Morgan fingerprint density at radius 2 is 1.89 bits per heavy atom. The van der Waals surface area contributed by atoms with Crippen LogP contribution in [0.2, 0.25) is 5.02 Å². The van der Waals surface area contributed by atoms with E-state index in [2.05, 4.69) is 29.2 Å². The number of carbonyl (C=O) groups excluding carboxylic acids is 1. The van der Waals surface area contributed by atoms with Crippen LogP contribution in [0.4, 0.5) is 0 Å². The molecular formula is C29H26ClNO5. The molecule has 0 aliphatic carbocycles. The number of fused-ring (bicyclic) bond motifs is 3. The van der Waals surface area contributed by atoms with Gasteiger partial charge in [-0.05, 0) is 49.6 Å². The van der Waals surface area contributed by atoms with Crippen molar-refractivity contribution in [2.75, 3.05) is 20.1 Å². The van der Waals surface area contributed by atoms with Crippen molar-refractivity contribution in [3.8, 4) is 17.2 Å². The van der Waals surface area contributed by atoms with E-state index in [1.165, 1.54) is 5.56 Å². The Hall–Kier alpha value is -3.32. The zero-order valence-corrected chi connectivity index (χ0v) is 20.8. The molecule has 3 heterocycles. The molecule has 3 aliphatic rings. The first-order valence-corrected chi connectivity index (χ1v) is 12.5. The summed E-state index contributed by atoms with van der Waals surface area (Å²) in [5.74, 6) is 2.12. The number of benzene rings is 3. The van der Waals surface area contributed by atoms with Gasteiger partial charge in [0.15, 0.2) is 12.6 Å². The summed E-state index contributed by atoms with van der Waals surface area (Å²) in [5, 5.41) is 0.546. The van der Waals surface area contributed by atoms with Gasteiger partial charge in [-0.25, -0.2) is 0 Å². The smallest absolute Gasteiger partial charge is 0.231 e. The molecule has 3 aliphatic heterocycles. The van der Waals surface area contributed by atoms with Crippen LogP contribution < -0.4 is 14.2 Å².